The average Bonchev–Trinajstić information content (AvgIpc) is 3.50. The zero-order valence-electron chi connectivity index (χ0n) is 26.4. The summed E-state index contributed by atoms with van der Waals surface area (Å²) in [4.78, 5) is 26.0. The van der Waals surface area contributed by atoms with Crippen LogP contribution in [0.5, 0.6) is 0 Å². The van der Waals surface area contributed by atoms with Crippen molar-refractivity contribution < 1.29 is 22.4 Å². The number of pyridine rings is 2. The predicted octanol–water partition coefficient (Wildman–Crippen LogP) is 6.73. The molecule has 5 aromatic rings. The lowest BCUT2D eigenvalue weighted by molar-refractivity contribution is -0.138. The number of piperazine rings is 1. The quantitative estimate of drug-likeness (QED) is 0.150. The van der Waals surface area contributed by atoms with Crippen molar-refractivity contribution in [3.8, 4) is 11.8 Å². The van der Waals surface area contributed by atoms with Crippen molar-refractivity contribution in [2.75, 3.05) is 43.4 Å². The maximum Gasteiger partial charge on any atom is 0.416 e. The highest BCUT2D eigenvalue weighted by molar-refractivity contribution is 6.04. The standard InChI is InChI=1S/C36H33F4N7O/c1-3-45-16-18-46(19-17-45)23-27-10-12-28(21-30(27)36(38,39)40)43-35(48)26-9-8-24(2)25(20-26)11-13-29-22-42-34-32(7-5-15-47(29)34)44-33-31(37)6-4-14-41-33/h4-10,12,14-15,20-22H,3,16-19,23H2,1-2H3,(H,41,44)(H,43,48). The number of amides is 1. The molecule has 1 fully saturated rings. The first-order valence-corrected chi connectivity index (χ1v) is 15.5. The van der Waals surface area contributed by atoms with Gasteiger partial charge in [-0.1, -0.05) is 25.0 Å². The van der Waals surface area contributed by atoms with Gasteiger partial charge in [0.1, 0.15) is 5.69 Å². The number of aryl methyl sites for hydroxylation is 1. The zero-order chi connectivity index (χ0) is 33.8. The number of imidazole rings is 1. The molecule has 246 valence electrons. The minimum Gasteiger partial charge on any atom is -0.335 e. The van der Waals surface area contributed by atoms with Gasteiger partial charge in [-0.15, -0.1) is 0 Å². The molecule has 2 N–H and O–H groups in total. The van der Waals surface area contributed by atoms with Crippen molar-refractivity contribution in [2.24, 2.45) is 0 Å². The molecule has 48 heavy (non-hydrogen) atoms. The maximum absolute atomic E-state index is 14.2. The molecule has 0 atom stereocenters. The highest BCUT2D eigenvalue weighted by atomic mass is 19.4. The fraction of sp³-hybridized carbons (Fsp3) is 0.250. The van der Waals surface area contributed by atoms with Crippen LogP contribution in [0.25, 0.3) is 5.65 Å². The Labute approximate surface area is 275 Å². The largest absolute Gasteiger partial charge is 0.416 e. The summed E-state index contributed by atoms with van der Waals surface area (Å²) in [6.07, 6.45) is 0.270. The predicted molar refractivity (Wildman–Crippen MR) is 177 cm³/mol. The van der Waals surface area contributed by atoms with Crippen LogP contribution in [-0.4, -0.2) is 62.8 Å². The first kappa shape index (κ1) is 32.7. The molecule has 1 aliphatic heterocycles. The Balaban J connectivity index is 1.19. The number of carbonyl (C=O) groups is 1. The second kappa shape index (κ2) is 13.9. The minimum absolute atomic E-state index is 0.0563. The molecule has 1 saturated heterocycles. The number of carbonyl (C=O) groups excluding carboxylic acids is 1. The molecule has 1 amide bonds. The molecule has 8 nitrogen and oxygen atoms in total. The van der Waals surface area contributed by atoms with Gasteiger partial charge >= 0.3 is 6.18 Å². The Morgan fingerprint density at radius 1 is 0.958 bits per heavy atom. The normalized spacial score (nSPS) is 14.0. The monoisotopic (exact) mass is 655 g/mol. The van der Waals surface area contributed by atoms with Crippen molar-refractivity contribution in [3.05, 3.63) is 119 Å². The number of likely N-dealkylation sites (N-methyl/N-ethyl adjacent to an activating group) is 1. The van der Waals surface area contributed by atoms with Crippen LogP contribution in [0.3, 0.4) is 0 Å². The summed E-state index contributed by atoms with van der Waals surface area (Å²) in [7, 11) is 0. The van der Waals surface area contributed by atoms with E-state index in [-0.39, 0.29) is 29.2 Å². The van der Waals surface area contributed by atoms with Crippen molar-refractivity contribution in [1.82, 2.24) is 24.2 Å². The number of alkyl halides is 3. The highest BCUT2D eigenvalue weighted by Crippen LogP contribution is 2.35. The molecule has 0 radical (unpaired) electrons. The molecule has 12 heteroatoms. The van der Waals surface area contributed by atoms with Crippen LogP contribution >= 0.6 is 0 Å². The van der Waals surface area contributed by atoms with Crippen LogP contribution in [0, 0.1) is 24.6 Å². The number of nitrogens with zero attached hydrogens (tertiary/aromatic N) is 5. The van der Waals surface area contributed by atoms with Crippen molar-refractivity contribution >= 4 is 28.7 Å². The molecular formula is C36H33F4N7O. The molecule has 0 spiro atoms. The van der Waals surface area contributed by atoms with Crippen LogP contribution in [0.4, 0.5) is 34.8 Å². The summed E-state index contributed by atoms with van der Waals surface area (Å²) < 4.78 is 58.2. The number of nitrogens with one attached hydrogen (secondary N) is 2. The maximum atomic E-state index is 14.2. The van der Waals surface area contributed by atoms with E-state index in [9.17, 15) is 22.4 Å². The smallest absolute Gasteiger partial charge is 0.335 e. The molecular weight excluding hydrogens is 622 g/mol. The Morgan fingerprint density at radius 2 is 1.75 bits per heavy atom. The molecule has 0 unspecified atom stereocenters. The molecule has 1 aliphatic rings. The van der Waals surface area contributed by atoms with Crippen molar-refractivity contribution in [3.63, 3.8) is 0 Å². The second-order valence-electron chi connectivity index (χ2n) is 11.5. The average molecular weight is 656 g/mol. The zero-order valence-corrected chi connectivity index (χ0v) is 26.4. The van der Waals surface area contributed by atoms with E-state index < -0.39 is 23.5 Å². The summed E-state index contributed by atoms with van der Waals surface area (Å²) >= 11 is 0. The Morgan fingerprint density at radius 3 is 2.50 bits per heavy atom. The van der Waals surface area contributed by atoms with E-state index in [1.54, 1.807) is 47.1 Å². The molecule has 3 aromatic heterocycles. The number of hydrogen-bond acceptors (Lipinski definition) is 6. The number of aromatic nitrogens is 3. The van der Waals surface area contributed by atoms with E-state index in [4.69, 9.17) is 0 Å². The van der Waals surface area contributed by atoms with Crippen LogP contribution in [0.1, 0.15) is 45.2 Å². The van der Waals surface area contributed by atoms with E-state index in [2.05, 4.69) is 44.3 Å². The number of hydrogen-bond donors (Lipinski definition) is 2. The van der Waals surface area contributed by atoms with Crippen molar-refractivity contribution in [1.29, 1.82) is 0 Å². The van der Waals surface area contributed by atoms with E-state index in [1.807, 2.05) is 11.8 Å². The van der Waals surface area contributed by atoms with Gasteiger partial charge in [-0.3, -0.25) is 14.1 Å². The van der Waals surface area contributed by atoms with E-state index in [0.717, 1.165) is 31.3 Å². The van der Waals surface area contributed by atoms with Crippen LogP contribution in [0.15, 0.2) is 79.3 Å². The highest BCUT2D eigenvalue weighted by Gasteiger charge is 2.34. The fourth-order valence-corrected chi connectivity index (χ4v) is 5.60. The lowest BCUT2D eigenvalue weighted by atomic mass is 10.0. The lowest BCUT2D eigenvalue weighted by Crippen LogP contribution is -2.45. The van der Waals surface area contributed by atoms with Gasteiger partial charge in [-0.2, -0.15) is 13.2 Å². The first-order valence-electron chi connectivity index (χ1n) is 15.5. The number of fused-ring (bicyclic) bond motifs is 1. The number of anilines is 3. The summed E-state index contributed by atoms with van der Waals surface area (Å²) in [6, 6.07) is 15.2. The van der Waals surface area contributed by atoms with Gasteiger partial charge in [0.05, 0.1) is 17.4 Å². The summed E-state index contributed by atoms with van der Waals surface area (Å²) in [6.45, 7) is 8.07. The van der Waals surface area contributed by atoms with Gasteiger partial charge in [0, 0.05) is 61.9 Å². The van der Waals surface area contributed by atoms with Gasteiger partial charge in [0.25, 0.3) is 5.91 Å². The van der Waals surface area contributed by atoms with Crippen LogP contribution < -0.4 is 10.6 Å². The molecule has 2 aromatic carbocycles. The number of rotatable bonds is 7. The third-order valence-corrected chi connectivity index (χ3v) is 8.35. The third kappa shape index (κ3) is 7.33. The van der Waals surface area contributed by atoms with E-state index in [1.165, 1.54) is 30.5 Å². The SMILES string of the molecule is CCN1CCN(Cc2ccc(NC(=O)c3ccc(C)c(C#Cc4cnc5c(Nc6ncccc6F)cccn45)c3)cc2C(F)(F)F)CC1. The first-order chi connectivity index (χ1) is 23.1. The Hall–Kier alpha value is -5.25. The topological polar surface area (TPSA) is 77.8 Å². The molecule has 6 rings (SSSR count). The summed E-state index contributed by atoms with van der Waals surface area (Å²) in [5.74, 6) is 5.18. The second-order valence-corrected chi connectivity index (χ2v) is 11.5. The Kier molecular flexibility index (Phi) is 9.43. The van der Waals surface area contributed by atoms with Gasteiger partial charge in [0.15, 0.2) is 17.3 Å². The third-order valence-electron chi connectivity index (χ3n) is 8.35. The van der Waals surface area contributed by atoms with Gasteiger partial charge in [-0.05, 0) is 79.0 Å². The van der Waals surface area contributed by atoms with Gasteiger partial charge in [-0.25, -0.2) is 14.4 Å². The number of benzene rings is 2. The van der Waals surface area contributed by atoms with Crippen LogP contribution in [0.2, 0.25) is 0 Å². The van der Waals surface area contributed by atoms with E-state index in [0.29, 0.717) is 35.7 Å². The summed E-state index contributed by atoms with van der Waals surface area (Å²) in [5, 5.41) is 5.58. The van der Waals surface area contributed by atoms with Crippen LogP contribution in [-0.2, 0) is 12.7 Å². The molecule has 0 aliphatic carbocycles. The van der Waals surface area contributed by atoms with E-state index >= 15 is 0 Å². The Bertz CT molecular complexity index is 2020. The summed E-state index contributed by atoms with van der Waals surface area (Å²) in [5.41, 5.74) is 2.70. The minimum atomic E-state index is -4.57. The fourth-order valence-electron chi connectivity index (χ4n) is 5.60. The van der Waals surface area contributed by atoms with Crippen molar-refractivity contribution in [2.45, 2.75) is 26.6 Å². The molecule has 4 heterocycles. The lowest BCUT2D eigenvalue weighted by Gasteiger charge is -2.34. The van der Waals surface area contributed by atoms with Gasteiger partial charge < -0.3 is 15.5 Å². The van der Waals surface area contributed by atoms with Gasteiger partial charge in [0.2, 0.25) is 0 Å². The molecule has 0 bridgehead atoms. The molecule has 0 saturated carbocycles. The number of halogens is 4.